The Morgan fingerprint density at radius 2 is 1.89 bits per heavy atom. The number of benzene rings is 1. The normalized spacial score (nSPS) is 23.9. The van der Waals surface area contributed by atoms with E-state index < -0.39 is 0 Å². The molecule has 0 aromatic heterocycles. The third kappa shape index (κ3) is 3.74. The van der Waals surface area contributed by atoms with E-state index in [9.17, 15) is 0 Å². The molecule has 0 heterocycles. The molecule has 2 rings (SSSR count). The zero-order chi connectivity index (χ0) is 12.8. The average molecular weight is 247 g/mol. The molecule has 1 saturated carbocycles. The quantitative estimate of drug-likeness (QED) is 0.855. The maximum Gasteiger partial charge on any atom is 0.119 e. The summed E-state index contributed by atoms with van der Waals surface area (Å²) in [4.78, 5) is 0. The van der Waals surface area contributed by atoms with Crippen molar-refractivity contribution in [1.82, 2.24) is 5.32 Å². The largest absolute Gasteiger partial charge is 0.494 e. The monoisotopic (exact) mass is 247 g/mol. The predicted molar refractivity (Wildman–Crippen MR) is 75.9 cm³/mol. The van der Waals surface area contributed by atoms with Gasteiger partial charge in [-0.25, -0.2) is 0 Å². The van der Waals surface area contributed by atoms with Crippen LogP contribution in [0.4, 0.5) is 0 Å². The predicted octanol–water partition coefficient (Wildman–Crippen LogP) is 3.75. The van der Waals surface area contributed by atoms with Crippen LogP contribution in [-0.4, -0.2) is 12.6 Å². The number of nitrogens with one attached hydrogen (secondary N) is 1. The Kier molecular flexibility index (Phi) is 5.06. The van der Waals surface area contributed by atoms with Gasteiger partial charge in [0.25, 0.3) is 0 Å². The topological polar surface area (TPSA) is 21.3 Å². The summed E-state index contributed by atoms with van der Waals surface area (Å²) >= 11 is 0. The van der Waals surface area contributed by atoms with Crippen molar-refractivity contribution < 1.29 is 4.74 Å². The summed E-state index contributed by atoms with van der Waals surface area (Å²) in [5.74, 6) is 1.79. The van der Waals surface area contributed by atoms with Gasteiger partial charge in [-0.2, -0.15) is 0 Å². The lowest BCUT2D eigenvalue weighted by Crippen LogP contribution is -2.36. The van der Waals surface area contributed by atoms with Crippen LogP contribution in [0, 0.1) is 5.92 Å². The second-order valence-corrected chi connectivity index (χ2v) is 5.33. The van der Waals surface area contributed by atoms with Crippen molar-refractivity contribution >= 4 is 0 Å². The zero-order valence-electron chi connectivity index (χ0n) is 11.6. The highest BCUT2D eigenvalue weighted by Crippen LogP contribution is 2.24. The molecular weight excluding hydrogens is 222 g/mol. The zero-order valence-corrected chi connectivity index (χ0v) is 11.6. The van der Waals surface area contributed by atoms with E-state index in [2.05, 4.69) is 36.5 Å². The van der Waals surface area contributed by atoms with Gasteiger partial charge in [-0.05, 0) is 43.4 Å². The summed E-state index contributed by atoms with van der Waals surface area (Å²) in [5.41, 5.74) is 1.34. The summed E-state index contributed by atoms with van der Waals surface area (Å²) in [5, 5.41) is 3.70. The molecule has 0 amide bonds. The first kappa shape index (κ1) is 13.4. The molecule has 0 radical (unpaired) electrons. The van der Waals surface area contributed by atoms with Gasteiger partial charge in [-0.1, -0.05) is 31.9 Å². The Bertz CT molecular complexity index is 347. The number of hydrogen-bond acceptors (Lipinski definition) is 2. The van der Waals surface area contributed by atoms with Crippen LogP contribution in [0.15, 0.2) is 24.3 Å². The minimum absolute atomic E-state index is 0.699. The van der Waals surface area contributed by atoms with E-state index in [0.717, 1.165) is 24.8 Å². The standard InChI is InChI=1S/C16H25NO/c1-3-18-15-10-8-14(9-11-15)12-17-16-7-5-4-6-13(16)2/h8-11,13,16-17H,3-7,12H2,1-2H3/t13-,16-/m0/s1. The van der Waals surface area contributed by atoms with Gasteiger partial charge < -0.3 is 10.1 Å². The molecule has 1 aliphatic carbocycles. The second kappa shape index (κ2) is 6.79. The Labute approximate surface area is 111 Å². The van der Waals surface area contributed by atoms with Gasteiger partial charge in [-0.15, -0.1) is 0 Å². The fourth-order valence-electron chi connectivity index (χ4n) is 2.74. The first-order valence-corrected chi connectivity index (χ1v) is 7.24. The van der Waals surface area contributed by atoms with Crippen molar-refractivity contribution in [3.63, 3.8) is 0 Å². The van der Waals surface area contributed by atoms with Gasteiger partial charge in [0.1, 0.15) is 5.75 Å². The van der Waals surface area contributed by atoms with Crippen molar-refractivity contribution in [3.8, 4) is 5.75 Å². The third-order valence-corrected chi connectivity index (χ3v) is 3.91. The Balaban J connectivity index is 1.82. The molecule has 2 heteroatoms. The van der Waals surface area contributed by atoms with E-state index in [1.165, 1.54) is 31.2 Å². The third-order valence-electron chi connectivity index (χ3n) is 3.91. The summed E-state index contributed by atoms with van der Waals surface area (Å²) in [6.07, 6.45) is 5.49. The molecular formula is C16H25NO. The molecule has 0 saturated heterocycles. The summed E-state index contributed by atoms with van der Waals surface area (Å²) in [6, 6.07) is 9.14. The highest BCUT2D eigenvalue weighted by Gasteiger charge is 2.20. The van der Waals surface area contributed by atoms with Crippen molar-refractivity contribution in [2.75, 3.05) is 6.61 Å². The highest BCUT2D eigenvalue weighted by atomic mass is 16.5. The summed E-state index contributed by atoms with van der Waals surface area (Å²) < 4.78 is 5.45. The molecule has 1 aliphatic rings. The van der Waals surface area contributed by atoms with Gasteiger partial charge in [0.05, 0.1) is 6.61 Å². The van der Waals surface area contributed by atoms with Crippen LogP contribution >= 0.6 is 0 Å². The smallest absolute Gasteiger partial charge is 0.119 e. The molecule has 1 aromatic carbocycles. The molecule has 100 valence electrons. The lowest BCUT2D eigenvalue weighted by molar-refractivity contribution is 0.279. The van der Waals surface area contributed by atoms with E-state index in [1.807, 2.05) is 6.92 Å². The molecule has 0 unspecified atom stereocenters. The first-order valence-electron chi connectivity index (χ1n) is 7.24. The molecule has 2 nitrogen and oxygen atoms in total. The Hall–Kier alpha value is -1.02. The number of hydrogen-bond donors (Lipinski definition) is 1. The van der Waals surface area contributed by atoms with Crippen LogP contribution in [0.1, 0.15) is 45.1 Å². The van der Waals surface area contributed by atoms with E-state index in [4.69, 9.17) is 4.74 Å². The van der Waals surface area contributed by atoms with Gasteiger partial charge in [0, 0.05) is 12.6 Å². The van der Waals surface area contributed by atoms with Gasteiger partial charge in [0.2, 0.25) is 0 Å². The molecule has 1 N–H and O–H groups in total. The molecule has 0 bridgehead atoms. The van der Waals surface area contributed by atoms with E-state index in [-0.39, 0.29) is 0 Å². The van der Waals surface area contributed by atoms with Crippen LogP contribution < -0.4 is 10.1 Å². The summed E-state index contributed by atoms with van der Waals surface area (Å²) in [6.45, 7) is 6.09. The van der Waals surface area contributed by atoms with Crippen molar-refractivity contribution in [2.45, 2.75) is 52.1 Å². The fraction of sp³-hybridized carbons (Fsp3) is 0.625. The maximum atomic E-state index is 5.45. The maximum absolute atomic E-state index is 5.45. The Morgan fingerprint density at radius 3 is 2.56 bits per heavy atom. The van der Waals surface area contributed by atoms with Crippen LogP contribution in [-0.2, 0) is 6.54 Å². The molecule has 0 aliphatic heterocycles. The minimum atomic E-state index is 0.699. The van der Waals surface area contributed by atoms with E-state index in [0.29, 0.717) is 6.04 Å². The molecule has 1 aromatic rings. The lowest BCUT2D eigenvalue weighted by Gasteiger charge is -2.29. The van der Waals surface area contributed by atoms with Gasteiger partial charge in [-0.3, -0.25) is 0 Å². The first-order chi connectivity index (χ1) is 8.79. The minimum Gasteiger partial charge on any atom is -0.494 e. The Morgan fingerprint density at radius 1 is 1.17 bits per heavy atom. The SMILES string of the molecule is CCOc1ccc(CN[C@H]2CCCC[C@@H]2C)cc1. The van der Waals surface area contributed by atoms with Crippen molar-refractivity contribution in [2.24, 2.45) is 5.92 Å². The number of ether oxygens (including phenoxy) is 1. The number of rotatable bonds is 5. The fourth-order valence-corrected chi connectivity index (χ4v) is 2.74. The highest BCUT2D eigenvalue weighted by molar-refractivity contribution is 5.27. The molecule has 0 spiro atoms. The molecule has 2 atom stereocenters. The van der Waals surface area contributed by atoms with Crippen molar-refractivity contribution in [3.05, 3.63) is 29.8 Å². The van der Waals surface area contributed by atoms with Crippen LogP contribution in [0.25, 0.3) is 0 Å². The molecule has 1 fully saturated rings. The van der Waals surface area contributed by atoms with E-state index in [1.54, 1.807) is 0 Å². The van der Waals surface area contributed by atoms with E-state index >= 15 is 0 Å². The average Bonchev–Trinajstić information content (AvgIpc) is 2.40. The summed E-state index contributed by atoms with van der Waals surface area (Å²) in [7, 11) is 0. The van der Waals surface area contributed by atoms with Gasteiger partial charge in [0.15, 0.2) is 0 Å². The lowest BCUT2D eigenvalue weighted by atomic mass is 9.86. The van der Waals surface area contributed by atoms with Gasteiger partial charge >= 0.3 is 0 Å². The van der Waals surface area contributed by atoms with Crippen LogP contribution in [0.5, 0.6) is 5.75 Å². The second-order valence-electron chi connectivity index (χ2n) is 5.33. The molecule has 18 heavy (non-hydrogen) atoms. The van der Waals surface area contributed by atoms with Crippen LogP contribution in [0.2, 0.25) is 0 Å². The van der Waals surface area contributed by atoms with Crippen molar-refractivity contribution in [1.29, 1.82) is 0 Å². The van der Waals surface area contributed by atoms with Crippen LogP contribution in [0.3, 0.4) is 0 Å².